The van der Waals surface area contributed by atoms with Gasteiger partial charge in [-0.15, -0.1) is 0 Å². The Morgan fingerprint density at radius 1 is 1.36 bits per heavy atom. The molecule has 1 amide bonds. The highest BCUT2D eigenvalue weighted by atomic mass is 16.6. The van der Waals surface area contributed by atoms with E-state index < -0.39 is 10.8 Å². The van der Waals surface area contributed by atoms with Crippen LogP contribution in [0.2, 0.25) is 0 Å². The fourth-order valence-electron chi connectivity index (χ4n) is 1.73. The number of nitro benzene ring substituents is 1. The third-order valence-electron chi connectivity index (χ3n) is 2.59. The number of para-hydroxylation sites is 1. The number of nitro groups is 1. The van der Waals surface area contributed by atoms with Crippen molar-refractivity contribution in [1.82, 2.24) is 0 Å². The molecular weight excluding hydrogens is 292 g/mol. The lowest BCUT2D eigenvalue weighted by molar-refractivity contribution is -0.384. The van der Waals surface area contributed by atoms with Gasteiger partial charge in [0.15, 0.2) is 5.69 Å². The number of benzene rings is 1. The number of nitrogens with zero attached hydrogens (tertiary/aromatic N) is 1. The molecule has 8 heteroatoms. The van der Waals surface area contributed by atoms with Crippen LogP contribution in [-0.2, 0) is 14.3 Å². The van der Waals surface area contributed by atoms with Gasteiger partial charge in [0.1, 0.15) is 5.75 Å². The van der Waals surface area contributed by atoms with Crippen molar-refractivity contribution in [2.75, 3.05) is 18.5 Å². The molecule has 0 aliphatic carbocycles. The average molecular weight is 310 g/mol. The van der Waals surface area contributed by atoms with Gasteiger partial charge in [-0.25, -0.2) is 0 Å². The third-order valence-corrected chi connectivity index (χ3v) is 2.59. The summed E-state index contributed by atoms with van der Waals surface area (Å²) in [7, 11) is 0. The minimum Gasteiger partial charge on any atom is -0.491 e. The number of rotatable bonds is 8. The van der Waals surface area contributed by atoms with Gasteiger partial charge in [0, 0.05) is 19.4 Å². The molecule has 1 rings (SSSR count). The Hall–Kier alpha value is -2.64. The second kappa shape index (κ2) is 8.60. The molecule has 0 unspecified atom stereocenters. The van der Waals surface area contributed by atoms with Crippen molar-refractivity contribution in [3.8, 4) is 5.75 Å². The maximum absolute atomic E-state index is 11.2. The summed E-state index contributed by atoms with van der Waals surface area (Å²) < 4.78 is 10.2. The molecule has 8 nitrogen and oxygen atoms in total. The summed E-state index contributed by atoms with van der Waals surface area (Å²) in [4.78, 5) is 32.8. The number of anilines is 1. The number of carbonyl (C=O) groups excluding carboxylic acids is 2. The van der Waals surface area contributed by atoms with Gasteiger partial charge >= 0.3 is 5.97 Å². The van der Waals surface area contributed by atoms with E-state index >= 15 is 0 Å². The predicted octanol–water partition coefficient (Wildman–Crippen LogP) is 2.28. The van der Waals surface area contributed by atoms with E-state index in [0.29, 0.717) is 13.0 Å². The van der Waals surface area contributed by atoms with Gasteiger partial charge in [0.25, 0.3) is 5.69 Å². The van der Waals surface area contributed by atoms with E-state index in [1.807, 2.05) is 0 Å². The molecule has 0 atom stereocenters. The fourth-order valence-corrected chi connectivity index (χ4v) is 1.73. The topological polar surface area (TPSA) is 108 Å². The van der Waals surface area contributed by atoms with Crippen molar-refractivity contribution in [1.29, 1.82) is 0 Å². The number of nitrogens with one attached hydrogen (secondary N) is 1. The van der Waals surface area contributed by atoms with Crippen molar-refractivity contribution in [2.45, 2.75) is 26.7 Å². The molecule has 0 aliphatic heterocycles. The van der Waals surface area contributed by atoms with Crippen LogP contribution in [0.25, 0.3) is 0 Å². The molecule has 0 heterocycles. The van der Waals surface area contributed by atoms with Gasteiger partial charge in [-0.2, -0.15) is 0 Å². The molecule has 0 spiro atoms. The lowest BCUT2D eigenvalue weighted by atomic mass is 10.2. The molecular formula is C14H18N2O6. The molecule has 1 aromatic carbocycles. The Labute approximate surface area is 127 Å². The Bertz CT molecular complexity index is 558. The first kappa shape index (κ1) is 17.4. The van der Waals surface area contributed by atoms with Gasteiger partial charge in [0.2, 0.25) is 5.91 Å². The van der Waals surface area contributed by atoms with Crippen molar-refractivity contribution < 1.29 is 24.0 Å². The second-order valence-electron chi connectivity index (χ2n) is 4.35. The molecule has 0 saturated carbocycles. The first-order valence-electron chi connectivity index (χ1n) is 6.79. The Morgan fingerprint density at radius 3 is 2.68 bits per heavy atom. The highest BCUT2D eigenvalue weighted by molar-refractivity contribution is 5.93. The standard InChI is InChI=1S/C14H18N2O6/c1-3-21-13(18)8-5-9-22-12-7-4-6-11(16(19)20)14(12)15-10(2)17/h4,6-7H,3,5,8-9H2,1-2H3,(H,15,17). The van der Waals surface area contributed by atoms with Crippen molar-refractivity contribution in [3.05, 3.63) is 28.3 Å². The zero-order chi connectivity index (χ0) is 16.5. The van der Waals surface area contributed by atoms with E-state index in [9.17, 15) is 19.7 Å². The van der Waals surface area contributed by atoms with Gasteiger partial charge in [-0.05, 0) is 19.4 Å². The summed E-state index contributed by atoms with van der Waals surface area (Å²) in [5.74, 6) is -0.578. The number of hydrogen-bond donors (Lipinski definition) is 1. The number of hydrogen-bond acceptors (Lipinski definition) is 6. The van der Waals surface area contributed by atoms with E-state index in [-0.39, 0.29) is 36.1 Å². The number of ether oxygens (including phenoxy) is 2. The van der Waals surface area contributed by atoms with E-state index in [1.165, 1.54) is 25.1 Å². The first-order chi connectivity index (χ1) is 10.5. The van der Waals surface area contributed by atoms with Gasteiger partial charge in [-0.1, -0.05) is 6.07 Å². The lowest BCUT2D eigenvalue weighted by Crippen LogP contribution is -2.11. The zero-order valence-corrected chi connectivity index (χ0v) is 12.5. The molecule has 0 saturated heterocycles. The number of amides is 1. The predicted molar refractivity (Wildman–Crippen MR) is 78.8 cm³/mol. The Kier molecular flexibility index (Phi) is 6.81. The highest BCUT2D eigenvalue weighted by Crippen LogP contribution is 2.34. The fraction of sp³-hybridized carbons (Fsp3) is 0.429. The summed E-state index contributed by atoms with van der Waals surface area (Å²) >= 11 is 0. The molecule has 0 fully saturated rings. The monoisotopic (exact) mass is 310 g/mol. The first-order valence-corrected chi connectivity index (χ1v) is 6.79. The van der Waals surface area contributed by atoms with Gasteiger partial charge in [0.05, 0.1) is 18.1 Å². The zero-order valence-electron chi connectivity index (χ0n) is 12.5. The lowest BCUT2D eigenvalue weighted by Gasteiger charge is -2.11. The Morgan fingerprint density at radius 2 is 2.09 bits per heavy atom. The summed E-state index contributed by atoms with van der Waals surface area (Å²) in [6.45, 7) is 3.46. The number of esters is 1. The van der Waals surface area contributed by atoms with Gasteiger partial charge < -0.3 is 14.8 Å². The highest BCUT2D eigenvalue weighted by Gasteiger charge is 2.19. The smallest absolute Gasteiger partial charge is 0.305 e. The summed E-state index contributed by atoms with van der Waals surface area (Å²) in [5, 5.41) is 13.4. The molecule has 0 bridgehead atoms. The van der Waals surface area contributed by atoms with Crippen LogP contribution in [0.3, 0.4) is 0 Å². The second-order valence-corrected chi connectivity index (χ2v) is 4.35. The largest absolute Gasteiger partial charge is 0.491 e. The van der Waals surface area contributed by atoms with Crippen molar-refractivity contribution in [2.24, 2.45) is 0 Å². The summed E-state index contributed by atoms with van der Waals surface area (Å²) in [5.41, 5.74) is -0.241. The maximum Gasteiger partial charge on any atom is 0.305 e. The molecule has 120 valence electrons. The summed E-state index contributed by atoms with van der Waals surface area (Å²) in [6, 6.07) is 4.25. The molecule has 0 aliphatic rings. The average Bonchev–Trinajstić information content (AvgIpc) is 2.44. The van der Waals surface area contributed by atoms with Crippen LogP contribution < -0.4 is 10.1 Å². The molecule has 0 radical (unpaired) electrons. The van der Waals surface area contributed by atoms with Crippen LogP contribution in [-0.4, -0.2) is 30.0 Å². The Balaban J connectivity index is 2.73. The van der Waals surface area contributed by atoms with E-state index in [2.05, 4.69) is 5.32 Å². The summed E-state index contributed by atoms with van der Waals surface area (Å²) in [6.07, 6.45) is 0.597. The number of carbonyl (C=O) groups is 2. The normalized spacial score (nSPS) is 9.91. The van der Waals surface area contributed by atoms with Crippen LogP contribution in [0.5, 0.6) is 5.75 Å². The SMILES string of the molecule is CCOC(=O)CCCOc1cccc([N+](=O)[O-])c1NC(C)=O. The van der Waals surface area contributed by atoms with Crippen LogP contribution in [0.1, 0.15) is 26.7 Å². The van der Waals surface area contributed by atoms with E-state index in [4.69, 9.17) is 9.47 Å². The van der Waals surface area contributed by atoms with Crippen LogP contribution in [0.15, 0.2) is 18.2 Å². The molecule has 1 N–H and O–H groups in total. The molecule has 22 heavy (non-hydrogen) atoms. The van der Waals surface area contributed by atoms with E-state index in [1.54, 1.807) is 6.92 Å². The van der Waals surface area contributed by atoms with Crippen LogP contribution >= 0.6 is 0 Å². The van der Waals surface area contributed by atoms with Crippen LogP contribution in [0, 0.1) is 10.1 Å². The van der Waals surface area contributed by atoms with Gasteiger partial charge in [-0.3, -0.25) is 19.7 Å². The van der Waals surface area contributed by atoms with Crippen LogP contribution in [0.4, 0.5) is 11.4 Å². The quantitative estimate of drug-likeness (QED) is 0.341. The molecule has 1 aromatic rings. The molecule has 0 aromatic heterocycles. The third kappa shape index (κ3) is 5.39. The van der Waals surface area contributed by atoms with E-state index in [0.717, 1.165) is 0 Å². The minimum atomic E-state index is -0.600. The van der Waals surface area contributed by atoms with Crippen molar-refractivity contribution in [3.63, 3.8) is 0 Å². The van der Waals surface area contributed by atoms with Crippen molar-refractivity contribution >= 4 is 23.3 Å². The minimum absolute atomic E-state index is 0.0103. The maximum atomic E-state index is 11.2.